The second kappa shape index (κ2) is 10.9. The Hall–Kier alpha value is -5.80. The highest BCUT2D eigenvalue weighted by atomic mass is 16.1. The fraction of sp³-hybridized carbons (Fsp3) is 0.184. The van der Waals surface area contributed by atoms with Gasteiger partial charge in [-0.3, -0.25) is 9.20 Å². The monoisotopic (exact) mass is 670 g/mol. The molecule has 9 aromatic carbocycles. The molecular weight excluding hydrogens is 633 g/mol. The molecule has 0 aliphatic carbocycles. The van der Waals surface area contributed by atoms with Gasteiger partial charge in [0.25, 0.3) is 5.56 Å². The second-order valence-electron chi connectivity index (χ2n) is 15.1. The van der Waals surface area contributed by atoms with Crippen LogP contribution >= 0.6 is 0 Å². The Labute approximate surface area is 301 Å². The summed E-state index contributed by atoms with van der Waals surface area (Å²) in [6.45, 7) is 6.62. The van der Waals surface area contributed by atoms with E-state index in [1.807, 2.05) is 4.40 Å². The lowest BCUT2D eigenvalue weighted by atomic mass is 9.87. The predicted molar refractivity (Wildman–Crippen MR) is 222 cm³/mol. The summed E-state index contributed by atoms with van der Waals surface area (Å²) >= 11 is 0. The van der Waals surface area contributed by atoms with Gasteiger partial charge in [0, 0.05) is 5.39 Å². The van der Waals surface area contributed by atoms with E-state index >= 15 is 4.79 Å². The van der Waals surface area contributed by atoms with Crippen LogP contribution in [0.4, 0.5) is 0 Å². The quantitative estimate of drug-likeness (QED) is 0.151. The van der Waals surface area contributed by atoms with E-state index in [-0.39, 0.29) is 5.56 Å². The predicted octanol–water partition coefficient (Wildman–Crippen LogP) is 12.8. The highest BCUT2D eigenvalue weighted by Crippen LogP contribution is 2.55. The lowest BCUT2D eigenvalue weighted by Gasteiger charge is -2.16. The van der Waals surface area contributed by atoms with Gasteiger partial charge in [0.05, 0.1) is 16.4 Å². The number of hydrogen-bond donors (Lipinski definition) is 0. The molecule has 2 heterocycles. The summed E-state index contributed by atoms with van der Waals surface area (Å²) in [5.41, 5.74) is 11.4. The average molecular weight is 671 g/mol. The molecule has 0 spiro atoms. The number of unbranched alkanes of at least 4 members (excludes halogenated alkanes) is 2. The fourth-order valence-corrected chi connectivity index (χ4v) is 9.74. The maximum Gasteiger partial charge on any atom is 0.265 e. The van der Waals surface area contributed by atoms with E-state index in [1.54, 1.807) is 0 Å². The van der Waals surface area contributed by atoms with Gasteiger partial charge in [0.15, 0.2) is 0 Å². The van der Waals surface area contributed by atoms with Crippen LogP contribution < -0.4 is 5.56 Å². The van der Waals surface area contributed by atoms with Crippen molar-refractivity contribution in [3.05, 3.63) is 130 Å². The number of imidazole rings is 1. The highest BCUT2D eigenvalue weighted by molar-refractivity contribution is 6.50. The molecule has 3 heteroatoms. The Morgan fingerprint density at radius 1 is 0.538 bits per heavy atom. The zero-order valence-corrected chi connectivity index (χ0v) is 29.9. The summed E-state index contributed by atoms with van der Waals surface area (Å²) in [5, 5.41) is 14.2. The molecule has 0 aliphatic rings. The molecule has 0 atom stereocenters. The number of fused-ring (bicyclic) bond motifs is 7. The van der Waals surface area contributed by atoms with E-state index in [0.29, 0.717) is 0 Å². The van der Waals surface area contributed by atoms with Crippen LogP contribution in [0.15, 0.2) is 108 Å². The SMILES string of the molecule is CCCCc1ccccc1-c1cc2c3c(=O)n4c5ccc(C)cc5nc4c3c3cc(-c4ccccc4CCCC)c4ccc5ccc1c1c5c4c3c21. The highest BCUT2D eigenvalue weighted by Gasteiger charge is 2.30. The summed E-state index contributed by atoms with van der Waals surface area (Å²) in [6.07, 6.45) is 6.65. The van der Waals surface area contributed by atoms with Gasteiger partial charge in [-0.2, -0.15) is 0 Å². The van der Waals surface area contributed by atoms with Crippen LogP contribution in [0.3, 0.4) is 0 Å². The van der Waals surface area contributed by atoms with Gasteiger partial charge >= 0.3 is 0 Å². The molecule has 0 radical (unpaired) electrons. The Bertz CT molecular complexity index is 3230. The third kappa shape index (κ3) is 3.81. The first-order valence-electron chi connectivity index (χ1n) is 19.1. The molecule has 0 saturated heterocycles. The summed E-state index contributed by atoms with van der Waals surface area (Å²) in [4.78, 5) is 20.4. The minimum absolute atomic E-state index is 0.0240. The van der Waals surface area contributed by atoms with Gasteiger partial charge < -0.3 is 0 Å². The molecule has 250 valence electrons. The van der Waals surface area contributed by atoms with Crippen molar-refractivity contribution >= 4 is 81.3 Å². The van der Waals surface area contributed by atoms with Gasteiger partial charge in [0.2, 0.25) is 0 Å². The fourth-order valence-electron chi connectivity index (χ4n) is 9.74. The Morgan fingerprint density at radius 2 is 1.10 bits per heavy atom. The molecule has 0 saturated carbocycles. The summed E-state index contributed by atoms with van der Waals surface area (Å²) < 4.78 is 1.89. The summed E-state index contributed by atoms with van der Waals surface area (Å²) in [5.74, 6) is 0. The Balaban J connectivity index is 1.40. The van der Waals surface area contributed by atoms with E-state index in [9.17, 15) is 0 Å². The summed E-state index contributed by atoms with van der Waals surface area (Å²) in [6, 6.07) is 38.2. The minimum atomic E-state index is 0.0240. The topological polar surface area (TPSA) is 34.4 Å². The smallest absolute Gasteiger partial charge is 0.265 e. The molecule has 0 fully saturated rings. The van der Waals surface area contributed by atoms with Crippen molar-refractivity contribution < 1.29 is 0 Å². The van der Waals surface area contributed by atoms with E-state index in [4.69, 9.17) is 4.98 Å². The second-order valence-corrected chi connectivity index (χ2v) is 15.1. The van der Waals surface area contributed by atoms with Crippen LogP contribution in [0, 0.1) is 6.92 Å². The molecule has 11 rings (SSSR count). The molecule has 52 heavy (non-hydrogen) atoms. The first-order chi connectivity index (χ1) is 25.6. The maximum atomic E-state index is 15.1. The minimum Gasteiger partial charge on any atom is -0.268 e. The maximum absolute atomic E-state index is 15.1. The molecule has 0 aliphatic heterocycles. The molecule has 0 unspecified atom stereocenters. The number of aromatic nitrogens is 2. The lowest BCUT2D eigenvalue weighted by Crippen LogP contribution is -2.06. The molecule has 0 N–H and O–H groups in total. The van der Waals surface area contributed by atoms with Gasteiger partial charge in [-0.25, -0.2) is 4.98 Å². The van der Waals surface area contributed by atoms with Gasteiger partial charge in [-0.15, -0.1) is 0 Å². The molecule has 11 aromatic rings. The van der Waals surface area contributed by atoms with Crippen LogP contribution in [0.2, 0.25) is 0 Å². The van der Waals surface area contributed by atoms with Gasteiger partial charge in [-0.05, 0) is 150 Å². The molecule has 3 nitrogen and oxygen atoms in total. The van der Waals surface area contributed by atoms with E-state index in [0.717, 1.165) is 82.3 Å². The van der Waals surface area contributed by atoms with E-state index in [1.165, 1.54) is 76.5 Å². The van der Waals surface area contributed by atoms with Crippen molar-refractivity contribution in [3.8, 4) is 22.3 Å². The number of hydrogen-bond acceptors (Lipinski definition) is 2. The van der Waals surface area contributed by atoms with Crippen molar-refractivity contribution in [2.75, 3.05) is 0 Å². The zero-order valence-electron chi connectivity index (χ0n) is 29.9. The number of benzene rings is 8. The van der Waals surface area contributed by atoms with Gasteiger partial charge in [-0.1, -0.05) is 106 Å². The molecular formula is C49H38N2O. The first kappa shape index (κ1) is 29.9. The number of aryl methyl sites for hydroxylation is 3. The number of nitrogens with zero attached hydrogens (tertiary/aromatic N) is 2. The van der Waals surface area contributed by atoms with E-state index in [2.05, 4.69) is 124 Å². The lowest BCUT2D eigenvalue weighted by molar-refractivity contribution is 0.796. The van der Waals surface area contributed by atoms with Crippen LogP contribution in [-0.2, 0) is 12.8 Å². The normalized spacial score (nSPS) is 12.7. The van der Waals surface area contributed by atoms with Crippen LogP contribution in [0.25, 0.3) is 104 Å². The van der Waals surface area contributed by atoms with Crippen molar-refractivity contribution in [3.63, 3.8) is 0 Å². The zero-order chi connectivity index (χ0) is 34.8. The van der Waals surface area contributed by atoms with Crippen LogP contribution in [0.5, 0.6) is 0 Å². The first-order valence-corrected chi connectivity index (χ1v) is 19.1. The number of rotatable bonds is 8. The van der Waals surface area contributed by atoms with Crippen molar-refractivity contribution in [1.29, 1.82) is 0 Å². The Morgan fingerprint density at radius 3 is 1.69 bits per heavy atom. The Kier molecular flexibility index (Phi) is 6.24. The van der Waals surface area contributed by atoms with Gasteiger partial charge in [0.1, 0.15) is 5.65 Å². The van der Waals surface area contributed by atoms with Crippen molar-refractivity contribution in [2.24, 2.45) is 0 Å². The molecule has 2 aromatic heterocycles. The average Bonchev–Trinajstić information content (AvgIpc) is 3.82. The van der Waals surface area contributed by atoms with E-state index < -0.39 is 0 Å². The van der Waals surface area contributed by atoms with Crippen LogP contribution in [-0.4, -0.2) is 9.38 Å². The largest absolute Gasteiger partial charge is 0.268 e. The molecule has 0 bridgehead atoms. The van der Waals surface area contributed by atoms with Crippen molar-refractivity contribution in [2.45, 2.75) is 59.3 Å². The molecule has 0 amide bonds. The third-order valence-corrected chi connectivity index (χ3v) is 12.1. The van der Waals surface area contributed by atoms with Crippen LogP contribution in [0.1, 0.15) is 56.2 Å². The van der Waals surface area contributed by atoms with Crippen molar-refractivity contribution in [1.82, 2.24) is 9.38 Å². The summed E-state index contributed by atoms with van der Waals surface area (Å²) in [7, 11) is 0. The third-order valence-electron chi connectivity index (χ3n) is 12.1. The standard InChI is InChI=1S/C49H38N2O/c1-4-6-12-28-14-8-10-16-31(28)35-25-37-44-42-33(35)21-19-30-20-22-34-36(32-17-11-9-15-29(32)13-7-5-2)26-38(45(44)43(34)41(30)42)47-46(37)48-50-39-24-27(3)18-23-40(39)51(48)49(47)52/h8-11,14-26H,4-7,12-13H2,1-3H3.